The first-order valence-electron chi connectivity index (χ1n) is 7.99. The van der Waals surface area contributed by atoms with Crippen molar-refractivity contribution in [2.24, 2.45) is 0 Å². The minimum Gasteiger partial charge on any atom is -0.320 e. The highest BCUT2D eigenvalue weighted by Crippen LogP contribution is 2.25. The lowest BCUT2D eigenvalue weighted by atomic mass is 9.88. The fourth-order valence-electron chi connectivity index (χ4n) is 2.79. The molecule has 2 aromatic rings. The molecule has 0 spiro atoms. The molecule has 0 bridgehead atoms. The molecule has 0 aromatic heterocycles. The van der Waals surface area contributed by atoms with Crippen LogP contribution in [0.4, 0.5) is 0 Å². The summed E-state index contributed by atoms with van der Waals surface area (Å²) in [6, 6.07) is 20.0. The third-order valence-electron chi connectivity index (χ3n) is 4.11. The summed E-state index contributed by atoms with van der Waals surface area (Å²) in [6.07, 6.45) is 2.29. The Morgan fingerprint density at radius 3 is 2.29 bits per heavy atom. The molecule has 1 atom stereocenters. The molecule has 1 nitrogen and oxygen atoms in total. The molecule has 1 N–H and O–H groups in total. The van der Waals surface area contributed by atoms with E-state index in [1.807, 2.05) is 7.05 Å². The standard InChI is InChI=1S/C20H27N/c1-16(2)19-11-7-8-17(14-19)15-20(12-13-21-3)18-9-5-4-6-10-18/h4-11,14,16,20-21H,12-13,15H2,1-3H3. The van der Waals surface area contributed by atoms with E-state index in [0.29, 0.717) is 11.8 Å². The highest BCUT2D eigenvalue weighted by molar-refractivity contribution is 5.29. The topological polar surface area (TPSA) is 12.0 Å². The van der Waals surface area contributed by atoms with E-state index in [9.17, 15) is 0 Å². The van der Waals surface area contributed by atoms with Gasteiger partial charge in [-0.25, -0.2) is 0 Å². The third kappa shape index (κ3) is 4.71. The van der Waals surface area contributed by atoms with Crippen LogP contribution in [0.1, 0.15) is 48.8 Å². The molecule has 1 unspecified atom stereocenters. The van der Waals surface area contributed by atoms with Gasteiger partial charge in [0, 0.05) is 0 Å². The Balaban J connectivity index is 2.16. The van der Waals surface area contributed by atoms with E-state index in [2.05, 4.69) is 73.8 Å². The van der Waals surface area contributed by atoms with Crippen LogP contribution in [0.2, 0.25) is 0 Å². The van der Waals surface area contributed by atoms with Gasteiger partial charge in [-0.2, -0.15) is 0 Å². The Kier molecular flexibility index (Phi) is 6.01. The molecule has 112 valence electrons. The molecule has 0 aliphatic rings. The maximum atomic E-state index is 3.28. The maximum Gasteiger partial charge on any atom is -0.00460 e. The van der Waals surface area contributed by atoms with Gasteiger partial charge in [0.25, 0.3) is 0 Å². The van der Waals surface area contributed by atoms with Crippen molar-refractivity contribution in [1.29, 1.82) is 0 Å². The summed E-state index contributed by atoms with van der Waals surface area (Å²) >= 11 is 0. The summed E-state index contributed by atoms with van der Waals surface area (Å²) in [5.74, 6) is 1.18. The zero-order valence-corrected chi connectivity index (χ0v) is 13.5. The average Bonchev–Trinajstić information content (AvgIpc) is 2.52. The summed E-state index contributed by atoms with van der Waals surface area (Å²) in [6.45, 7) is 5.58. The third-order valence-corrected chi connectivity index (χ3v) is 4.11. The second-order valence-corrected chi connectivity index (χ2v) is 6.10. The number of rotatable bonds is 7. The Bertz CT molecular complexity index is 531. The lowest BCUT2D eigenvalue weighted by Gasteiger charge is -2.18. The molecule has 21 heavy (non-hydrogen) atoms. The van der Waals surface area contributed by atoms with Crippen molar-refractivity contribution in [3.63, 3.8) is 0 Å². The molecular formula is C20H27N. The van der Waals surface area contributed by atoms with Crippen LogP contribution in [0.25, 0.3) is 0 Å². The van der Waals surface area contributed by atoms with Crippen molar-refractivity contribution in [3.05, 3.63) is 71.3 Å². The molecule has 0 radical (unpaired) electrons. The number of hydrogen-bond acceptors (Lipinski definition) is 1. The van der Waals surface area contributed by atoms with Crippen LogP contribution in [-0.2, 0) is 6.42 Å². The predicted octanol–water partition coefficient (Wildman–Crippen LogP) is 4.75. The van der Waals surface area contributed by atoms with Crippen molar-refractivity contribution < 1.29 is 0 Å². The van der Waals surface area contributed by atoms with Crippen molar-refractivity contribution in [2.45, 2.75) is 38.5 Å². The molecule has 0 fully saturated rings. The zero-order valence-electron chi connectivity index (χ0n) is 13.5. The molecule has 0 amide bonds. The average molecular weight is 281 g/mol. The molecule has 0 heterocycles. The molecule has 1 heteroatoms. The molecule has 2 aromatic carbocycles. The number of benzene rings is 2. The van der Waals surface area contributed by atoms with Crippen LogP contribution in [-0.4, -0.2) is 13.6 Å². The van der Waals surface area contributed by atoms with E-state index in [0.717, 1.165) is 13.0 Å². The highest BCUT2D eigenvalue weighted by atomic mass is 14.8. The highest BCUT2D eigenvalue weighted by Gasteiger charge is 2.12. The van der Waals surface area contributed by atoms with E-state index < -0.39 is 0 Å². The number of nitrogens with one attached hydrogen (secondary N) is 1. The Labute approximate surface area is 129 Å². The second-order valence-electron chi connectivity index (χ2n) is 6.10. The first kappa shape index (κ1) is 15.8. The van der Waals surface area contributed by atoms with Gasteiger partial charge in [0.2, 0.25) is 0 Å². The molecule has 0 aliphatic carbocycles. The summed E-state index contributed by atoms with van der Waals surface area (Å²) in [5.41, 5.74) is 4.33. The van der Waals surface area contributed by atoms with Crippen LogP contribution in [0.15, 0.2) is 54.6 Å². The molecule has 0 saturated heterocycles. The first-order valence-corrected chi connectivity index (χ1v) is 7.99. The van der Waals surface area contributed by atoms with Gasteiger partial charge in [-0.3, -0.25) is 0 Å². The van der Waals surface area contributed by atoms with Crippen molar-refractivity contribution in [2.75, 3.05) is 13.6 Å². The largest absolute Gasteiger partial charge is 0.320 e. The van der Waals surface area contributed by atoms with Crippen LogP contribution < -0.4 is 5.32 Å². The minimum absolute atomic E-state index is 0.584. The van der Waals surface area contributed by atoms with E-state index >= 15 is 0 Å². The summed E-state index contributed by atoms with van der Waals surface area (Å²) in [4.78, 5) is 0. The fraction of sp³-hybridized carbons (Fsp3) is 0.400. The van der Waals surface area contributed by atoms with E-state index in [1.165, 1.54) is 23.1 Å². The van der Waals surface area contributed by atoms with Crippen molar-refractivity contribution in [3.8, 4) is 0 Å². The van der Waals surface area contributed by atoms with Crippen LogP contribution >= 0.6 is 0 Å². The van der Waals surface area contributed by atoms with E-state index in [-0.39, 0.29) is 0 Å². The van der Waals surface area contributed by atoms with Gasteiger partial charge < -0.3 is 5.32 Å². The van der Waals surface area contributed by atoms with Crippen molar-refractivity contribution >= 4 is 0 Å². The van der Waals surface area contributed by atoms with Gasteiger partial charge in [0.1, 0.15) is 0 Å². The molecule has 0 aliphatic heterocycles. The molecule has 2 rings (SSSR count). The Morgan fingerprint density at radius 1 is 0.905 bits per heavy atom. The molecule has 0 saturated carbocycles. The zero-order chi connectivity index (χ0) is 15.1. The monoisotopic (exact) mass is 281 g/mol. The van der Waals surface area contributed by atoms with Crippen LogP contribution in [0.3, 0.4) is 0 Å². The smallest absolute Gasteiger partial charge is 0.00460 e. The van der Waals surface area contributed by atoms with Gasteiger partial charge in [-0.15, -0.1) is 0 Å². The maximum absolute atomic E-state index is 3.28. The fourth-order valence-corrected chi connectivity index (χ4v) is 2.79. The Hall–Kier alpha value is -1.60. The van der Waals surface area contributed by atoms with Gasteiger partial charge in [-0.1, -0.05) is 68.4 Å². The van der Waals surface area contributed by atoms with E-state index in [4.69, 9.17) is 0 Å². The predicted molar refractivity (Wildman–Crippen MR) is 92.0 cm³/mol. The van der Waals surface area contributed by atoms with Crippen LogP contribution in [0, 0.1) is 0 Å². The normalized spacial score (nSPS) is 12.6. The van der Waals surface area contributed by atoms with E-state index in [1.54, 1.807) is 0 Å². The van der Waals surface area contributed by atoms with Gasteiger partial charge in [0.05, 0.1) is 0 Å². The summed E-state index contributed by atoms with van der Waals surface area (Å²) in [5, 5.41) is 3.28. The minimum atomic E-state index is 0.584. The SMILES string of the molecule is CNCCC(Cc1cccc(C(C)C)c1)c1ccccc1. The van der Waals surface area contributed by atoms with Gasteiger partial charge in [0.15, 0.2) is 0 Å². The van der Waals surface area contributed by atoms with Gasteiger partial charge in [-0.05, 0) is 55.0 Å². The quantitative estimate of drug-likeness (QED) is 0.772. The van der Waals surface area contributed by atoms with Crippen molar-refractivity contribution in [1.82, 2.24) is 5.32 Å². The lowest BCUT2D eigenvalue weighted by molar-refractivity contribution is 0.592. The summed E-state index contributed by atoms with van der Waals surface area (Å²) in [7, 11) is 2.03. The Morgan fingerprint density at radius 2 is 1.62 bits per heavy atom. The molecular weight excluding hydrogens is 254 g/mol. The summed E-state index contributed by atoms with van der Waals surface area (Å²) < 4.78 is 0. The van der Waals surface area contributed by atoms with Crippen LogP contribution in [0.5, 0.6) is 0 Å². The lowest BCUT2D eigenvalue weighted by Crippen LogP contribution is -2.14. The van der Waals surface area contributed by atoms with Gasteiger partial charge >= 0.3 is 0 Å². The second kappa shape index (κ2) is 7.99. The first-order chi connectivity index (χ1) is 10.2. The number of hydrogen-bond donors (Lipinski definition) is 1.